The molecule has 0 bridgehead atoms. The van der Waals surface area contributed by atoms with Crippen molar-refractivity contribution < 1.29 is 19.0 Å². The summed E-state index contributed by atoms with van der Waals surface area (Å²) in [7, 11) is 1.63. The first-order valence-electron chi connectivity index (χ1n) is 13.1. The Morgan fingerprint density at radius 2 is 1.70 bits per heavy atom. The van der Waals surface area contributed by atoms with Crippen LogP contribution in [0.15, 0.2) is 41.3 Å². The van der Waals surface area contributed by atoms with E-state index in [2.05, 4.69) is 18.7 Å². The molecular weight excluding hydrogens is 470 g/mol. The summed E-state index contributed by atoms with van der Waals surface area (Å²) in [5.41, 5.74) is 1.72. The van der Waals surface area contributed by atoms with Crippen molar-refractivity contribution in [2.45, 2.75) is 60.1 Å². The van der Waals surface area contributed by atoms with E-state index in [4.69, 9.17) is 19.2 Å². The maximum absolute atomic E-state index is 13.8. The fraction of sp³-hybridized carbons (Fsp3) is 0.483. The van der Waals surface area contributed by atoms with Crippen LogP contribution < -0.4 is 15.0 Å². The minimum absolute atomic E-state index is 0.0886. The molecule has 0 atom stereocenters. The zero-order valence-electron chi connectivity index (χ0n) is 22.9. The number of carbonyl (C=O) groups excluding carboxylic acids is 1. The van der Waals surface area contributed by atoms with Gasteiger partial charge in [-0.15, -0.1) is 0 Å². The van der Waals surface area contributed by atoms with Crippen LogP contribution in [0.2, 0.25) is 0 Å². The summed E-state index contributed by atoms with van der Waals surface area (Å²) in [5, 5.41) is 0.599. The molecule has 2 heterocycles. The Bertz CT molecular complexity index is 1250. The quantitative estimate of drug-likeness (QED) is 0.294. The van der Waals surface area contributed by atoms with Crippen LogP contribution in [0, 0.1) is 0 Å². The molecule has 0 saturated heterocycles. The van der Waals surface area contributed by atoms with Crippen molar-refractivity contribution in [2.24, 2.45) is 0 Å². The molecule has 0 spiro atoms. The van der Waals surface area contributed by atoms with E-state index in [9.17, 15) is 9.59 Å². The van der Waals surface area contributed by atoms with Crippen molar-refractivity contribution in [2.75, 3.05) is 33.4 Å². The van der Waals surface area contributed by atoms with E-state index in [-0.39, 0.29) is 24.0 Å². The monoisotopic (exact) mass is 509 g/mol. The van der Waals surface area contributed by atoms with Crippen LogP contribution in [0.5, 0.6) is 11.5 Å². The summed E-state index contributed by atoms with van der Waals surface area (Å²) < 4.78 is 18.3. The summed E-state index contributed by atoms with van der Waals surface area (Å²) in [4.78, 5) is 33.9. The molecular formula is C29H39N3O5. The molecule has 200 valence electrons. The number of esters is 1. The summed E-state index contributed by atoms with van der Waals surface area (Å²) in [6.07, 6.45) is 3.53. The number of pyridine rings is 2. The van der Waals surface area contributed by atoms with Crippen LogP contribution in [0.3, 0.4) is 0 Å². The normalized spacial score (nSPS) is 11.4. The second kappa shape index (κ2) is 13.2. The van der Waals surface area contributed by atoms with E-state index in [1.165, 1.54) is 0 Å². The van der Waals surface area contributed by atoms with Gasteiger partial charge in [-0.05, 0) is 70.5 Å². The van der Waals surface area contributed by atoms with Gasteiger partial charge in [0.2, 0.25) is 0 Å². The number of rotatable bonds is 13. The van der Waals surface area contributed by atoms with Crippen molar-refractivity contribution in [3.05, 3.63) is 52.4 Å². The number of fused-ring (bicyclic) bond motifs is 1. The van der Waals surface area contributed by atoms with Gasteiger partial charge < -0.3 is 19.1 Å². The number of ether oxygens (including phenoxy) is 3. The SMILES string of the molecule is CCCN(CCC)CCn1c(=O)c(C(=O)OCC)c(OC(C)C)c2cc(-c3ccc(OC)cc3)cnc21. The van der Waals surface area contributed by atoms with Crippen molar-refractivity contribution >= 4 is 17.0 Å². The van der Waals surface area contributed by atoms with E-state index in [1.54, 1.807) is 24.8 Å². The van der Waals surface area contributed by atoms with Crippen molar-refractivity contribution in [1.82, 2.24) is 14.5 Å². The molecule has 0 unspecified atom stereocenters. The average Bonchev–Trinajstić information content (AvgIpc) is 2.88. The maximum atomic E-state index is 13.8. The minimum atomic E-state index is -0.687. The molecule has 0 amide bonds. The molecule has 0 N–H and O–H groups in total. The topological polar surface area (TPSA) is 82.9 Å². The second-order valence-electron chi connectivity index (χ2n) is 9.21. The van der Waals surface area contributed by atoms with Gasteiger partial charge in [-0.1, -0.05) is 26.0 Å². The van der Waals surface area contributed by atoms with Crippen molar-refractivity contribution in [3.63, 3.8) is 0 Å². The smallest absolute Gasteiger partial charge is 0.347 e. The minimum Gasteiger partial charge on any atom is -0.497 e. The number of hydrogen-bond donors (Lipinski definition) is 0. The lowest BCUT2D eigenvalue weighted by Gasteiger charge is -2.23. The first-order valence-corrected chi connectivity index (χ1v) is 13.1. The van der Waals surface area contributed by atoms with Crippen LogP contribution in [-0.2, 0) is 11.3 Å². The van der Waals surface area contributed by atoms with Crippen LogP contribution in [0.25, 0.3) is 22.2 Å². The Morgan fingerprint density at radius 3 is 2.27 bits per heavy atom. The lowest BCUT2D eigenvalue weighted by Crippen LogP contribution is -2.35. The number of methoxy groups -OCH3 is 1. The highest BCUT2D eigenvalue weighted by Gasteiger charge is 2.27. The number of carbonyl (C=O) groups is 1. The summed E-state index contributed by atoms with van der Waals surface area (Å²) >= 11 is 0. The third kappa shape index (κ3) is 6.68. The zero-order valence-corrected chi connectivity index (χ0v) is 22.9. The number of benzene rings is 1. The third-order valence-electron chi connectivity index (χ3n) is 6.03. The standard InChI is InChI=1S/C29H39N3O5/c1-7-14-31(15-8-2)16-17-32-27-24(18-22(19-30-27)21-10-12-23(35-6)13-11-21)26(37-20(4)5)25(28(32)33)29(34)36-9-3/h10-13,18-20H,7-9,14-17H2,1-6H3. The van der Waals surface area contributed by atoms with Gasteiger partial charge in [-0.25, -0.2) is 9.78 Å². The van der Waals surface area contributed by atoms with Crippen molar-refractivity contribution in [1.29, 1.82) is 0 Å². The van der Waals surface area contributed by atoms with Crippen LogP contribution >= 0.6 is 0 Å². The fourth-order valence-corrected chi connectivity index (χ4v) is 4.40. The summed E-state index contributed by atoms with van der Waals surface area (Å²) in [5.74, 6) is 0.280. The molecule has 0 aliphatic rings. The van der Waals surface area contributed by atoms with E-state index >= 15 is 0 Å². The molecule has 0 saturated carbocycles. The van der Waals surface area contributed by atoms with Gasteiger partial charge in [0.15, 0.2) is 11.3 Å². The predicted molar refractivity (Wildman–Crippen MR) is 147 cm³/mol. The van der Waals surface area contributed by atoms with E-state index in [1.807, 2.05) is 44.2 Å². The van der Waals surface area contributed by atoms with Crippen LogP contribution in [0.4, 0.5) is 0 Å². The summed E-state index contributed by atoms with van der Waals surface area (Å²) in [6, 6.07) is 9.58. The Morgan fingerprint density at radius 1 is 1.03 bits per heavy atom. The van der Waals surface area contributed by atoms with Crippen LogP contribution in [-0.4, -0.2) is 59.9 Å². The molecule has 2 aromatic heterocycles. The predicted octanol–water partition coefficient (Wildman–Crippen LogP) is 5.16. The van der Waals surface area contributed by atoms with Gasteiger partial charge in [0.25, 0.3) is 5.56 Å². The van der Waals surface area contributed by atoms with E-state index in [0.717, 1.165) is 42.8 Å². The highest BCUT2D eigenvalue weighted by atomic mass is 16.5. The number of aromatic nitrogens is 2. The van der Waals surface area contributed by atoms with Crippen LogP contribution in [0.1, 0.15) is 57.8 Å². The Kier molecular flexibility index (Phi) is 10.1. The number of hydrogen-bond acceptors (Lipinski definition) is 7. The number of nitrogens with zero attached hydrogens (tertiary/aromatic N) is 3. The average molecular weight is 510 g/mol. The fourth-order valence-electron chi connectivity index (χ4n) is 4.40. The molecule has 1 aromatic carbocycles. The van der Waals surface area contributed by atoms with Gasteiger partial charge in [0, 0.05) is 24.8 Å². The van der Waals surface area contributed by atoms with Crippen molar-refractivity contribution in [3.8, 4) is 22.6 Å². The highest BCUT2D eigenvalue weighted by molar-refractivity contribution is 6.00. The maximum Gasteiger partial charge on any atom is 0.347 e. The Labute approximate surface area is 219 Å². The van der Waals surface area contributed by atoms with Gasteiger partial charge in [0.05, 0.1) is 25.2 Å². The molecule has 37 heavy (non-hydrogen) atoms. The molecule has 0 aliphatic carbocycles. The Hall–Kier alpha value is -3.39. The molecule has 8 nitrogen and oxygen atoms in total. The van der Waals surface area contributed by atoms with Gasteiger partial charge in [-0.3, -0.25) is 9.36 Å². The first kappa shape index (κ1) is 28.2. The third-order valence-corrected chi connectivity index (χ3v) is 6.03. The molecule has 8 heteroatoms. The second-order valence-corrected chi connectivity index (χ2v) is 9.21. The largest absolute Gasteiger partial charge is 0.497 e. The summed E-state index contributed by atoms with van der Waals surface area (Å²) in [6.45, 7) is 12.8. The Balaban J connectivity index is 2.25. The molecule has 0 fully saturated rings. The first-order chi connectivity index (χ1) is 17.8. The van der Waals surface area contributed by atoms with Gasteiger partial charge >= 0.3 is 5.97 Å². The molecule has 3 rings (SSSR count). The molecule has 3 aromatic rings. The molecule has 0 aliphatic heterocycles. The van der Waals surface area contributed by atoms with Gasteiger partial charge in [0.1, 0.15) is 11.4 Å². The lowest BCUT2D eigenvalue weighted by atomic mass is 10.0. The van der Waals surface area contributed by atoms with E-state index in [0.29, 0.717) is 24.1 Å². The van der Waals surface area contributed by atoms with E-state index < -0.39 is 11.5 Å². The zero-order chi connectivity index (χ0) is 26.9. The van der Waals surface area contributed by atoms with Gasteiger partial charge in [-0.2, -0.15) is 0 Å². The lowest BCUT2D eigenvalue weighted by molar-refractivity contribution is 0.0517. The molecule has 0 radical (unpaired) electrons. The highest BCUT2D eigenvalue weighted by Crippen LogP contribution is 2.32.